The van der Waals surface area contributed by atoms with E-state index in [1.54, 1.807) is 0 Å². The van der Waals surface area contributed by atoms with Gasteiger partial charge in [-0.25, -0.2) is 0 Å². The van der Waals surface area contributed by atoms with Crippen molar-refractivity contribution in [1.29, 1.82) is 0 Å². The maximum atomic E-state index is 2.65. The molecule has 0 aromatic rings. The van der Waals surface area contributed by atoms with Crippen LogP contribution in [-0.4, -0.2) is 50.1 Å². The third-order valence-electron chi connectivity index (χ3n) is 5.48. The molecule has 1 aliphatic heterocycles. The number of likely N-dealkylation sites (tertiary alicyclic amines) is 1. The molecule has 0 bridgehead atoms. The largest absolute Gasteiger partial charge is 0.308 e. The van der Waals surface area contributed by atoms with Gasteiger partial charge in [0.15, 0.2) is 0 Å². The molecule has 0 amide bonds. The third-order valence-corrected chi connectivity index (χ3v) is 5.48. The number of likely N-dealkylation sites (N-methyl/N-ethyl adjacent to an activating group) is 1. The Hall–Kier alpha value is -0.0800. The quantitative estimate of drug-likeness (QED) is 0.592. The van der Waals surface area contributed by atoms with Crippen LogP contribution in [-0.2, 0) is 0 Å². The van der Waals surface area contributed by atoms with Crippen molar-refractivity contribution < 1.29 is 0 Å². The van der Waals surface area contributed by atoms with Crippen molar-refractivity contribution in [2.45, 2.75) is 86.5 Å². The van der Waals surface area contributed by atoms with Crippen LogP contribution in [0.1, 0.15) is 86.5 Å². The summed E-state index contributed by atoms with van der Waals surface area (Å²) >= 11 is 0. The van der Waals surface area contributed by atoms with Crippen LogP contribution < -0.4 is 0 Å². The maximum absolute atomic E-state index is 2.65. The van der Waals surface area contributed by atoms with E-state index in [1.165, 1.54) is 71.1 Å². The van der Waals surface area contributed by atoms with Crippen molar-refractivity contribution in [3.05, 3.63) is 0 Å². The number of hydrogen-bond donors (Lipinski definition) is 0. The summed E-state index contributed by atoms with van der Waals surface area (Å²) in [5, 5.41) is 0. The average Bonchev–Trinajstić information content (AvgIpc) is 2.53. The fourth-order valence-corrected chi connectivity index (χ4v) is 4.03. The molecule has 1 spiro atoms. The van der Waals surface area contributed by atoms with Gasteiger partial charge in [-0.1, -0.05) is 60.8 Å². The van der Waals surface area contributed by atoms with Crippen LogP contribution in [0.15, 0.2) is 0 Å². The molecule has 1 saturated carbocycles. The summed E-state index contributed by atoms with van der Waals surface area (Å²) in [6.45, 7) is 18.4. The molecule has 24 heavy (non-hydrogen) atoms. The smallest absolute Gasteiger partial charge is 0.0109 e. The molecule has 2 nitrogen and oxygen atoms in total. The molecule has 1 saturated heterocycles. The van der Waals surface area contributed by atoms with E-state index in [-0.39, 0.29) is 0 Å². The molecule has 2 heteroatoms. The van der Waals surface area contributed by atoms with Gasteiger partial charge in [-0.15, -0.1) is 0 Å². The number of hydrogen-bond acceptors (Lipinski definition) is 2. The number of piperidine rings is 1. The predicted octanol–water partition coefficient (Wildman–Crippen LogP) is 5.92. The number of unbranched alkanes of at least 4 members (excludes halogenated alkanes) is 1. The Bertz CT molecular complexity index is 270. The van der Waals surface area contributed by atoms with Gasteiger partial charge in [-0.05, 0) is 70.1 Å². The minimum Gasteiger partial charge on any atom is -0.308 e. The van der Waals surface area contributed by atoms with Crippen molar-refractivity contribution >= 4 is 0 Å². The Morgan fingerprint density at radius 2 is 1.62 bits per heavy atom. The molecule has 2 aliphatic rings. The van der Waals surface area contributed by atoms with Gasteiger partial charge in [0.2, 0.25) is 0 Å². The molecule has 0 aromatic heterocycles. The summed E-state index contributed by atoms with van der Waals surface area (Å²) in [6, 6.07) is 0. The van der Waals surface area contributed by atoms with Crippen molar-refractivity contribution in [2.75, 3.05) is 40.3 Å². The Kier molecular flexibility index (Phi) is 13.1. The van der Waals surface area contributed by atoms with E-state index < -0.39 is 0 Å². The molecular weight excluding hydrogens is 292 g/mol. The van der Waals surface area contributed by atoms with Gasteiger partial charge in [0.1, 0.15) is 0 Å². The van der Waals surface area contributed by atoms with E-state index in [2.05, 4.69) is 51.6 Å². The molecule has 0 unspecified atom stereocenters. The Balaban J connectivity index is 0.000000501. The highest BCUT2D eigenvalue weighted by atomic mass is 15.2. The summed E-state index contributed by atoms with van der Waals surface area (Å²) in [5.74, 6) is 1.92. The van der Waals surface area contributed by atoms with Crippen molar-refractivity contribution in [3.8, 4) is 0 Å². The fraction of sp³-hybridized carbons (Fsp3) is 1.00. The molecule has 2 fully saturated rings. The molecular formula is C22H48N2. The maximum Gasteiger partial charge on any atom is 0.0109 e. The minimum atomic E-state index is 0.786. The fourth-order valence-electron chi connectivity index (χ4n) is 4.03. The predicted molar refractivity (Wildman–Crippen MR) is 111 cm³/mol. The van der Waals surface area contributed by atoms with Gasteiger partial charge in [0, 0.05) is 13.1 Å². The number of rotatable bonds is 6. The van der Waals surface area contributed by atoms with E-state index in [9.17, 15) is 0 Å². The van der Waals surface area contributed by atoms with Gasteiger partial charge >= 0.3 is 0 Å². The van der Waals surface area contributed by atoms with Gasteiger partial charge in [-0.2, -0.15) is 0 Å². The zero-order valence-electron chi connectivity index (χ0n) is 18.3. The lowest BCUT2D eigenvalue weighted by Gasteiger charge is -2.51. The van der Waals surface area contributed by atoms with E-state index in [0.29, 0.717) is 0 Å². The second-order valence-corrected chi connectivity index (χ2v) is 8.69. The SMILES string of the molecule is CC.CC1CC2(CCN(CCN(C)C)CC2)C1.CCCCC(C)C. The highest BCUT2D eigenvalue weighted by Crippen LogP contribution is 2.52. The van der Waals surface area contributed by atoms with Crippen LogP contribution in [0.5, 0.6) is 0 Å². The van der Waals surface area contributed by atoms with E-state index in [0.717, 1.165) is 17.3 Å². The lowest BCUT2D eigenvalue weighted by molar-refractivity contribution is -0.00681. The van der Waals surface area contributed by atoms with Crippen molar-refractivity contribution in [2.24, 2.45) is 17.3 Å². The lowest BCUT2D eigenvalue weighted by atomic mass is 9.58. The lowest BCUT2D eigenvalue weighted by Crippen LogP contribution is -2.47. The monoisotopic (exact) mass is 340 g/mol. The zero-order chi connectivity index (χ0) is 18.6. The van der Waals surface area contributed by atoms with Crippen LogP contribution in [0.2, 0.25) is 0 Å². The highest BCUT2D eigenvalue weighted by Gasteiger charge is 2.43. The van der Waals surface area contributed by atoms with Crippen LogP contribution in [0, 0.1) is 17.3 Å². The Morgan fingerprint density at radius 1 is 1.08 bits per heavy atom. The normalized spacial score (nSPS) is 20.2. The molecule has 2 rings (SSSR count). The van der Waals surface area contributed by atoms with Gasteiger partial charge in [-0.3, -0.25) is 0 Å². The van der Waals surface area contributed by atoms with E-state index in [4.69, 9.17) is 0 Å². The number of nitrogens with zero attached hydrogens (tertiary/aromatic N) is 2. The summed E-state index contributed by atoms with van der Waals surface area (Å²) in [6.07, 6.45) is 10.1. The topological polar surface area (TPSA) is 6.48 Å². The zero-order valence-corrected chi connectivity index (χ0v) is 18.3. The first-order valence-corrected chi connectivity index (χ1v) is 10.7. The molecule has 0 aromatic carbocycles. The summed E-state index contributed by atoms with van der Waals surface area (Å²) in [7, 11) is 4.33. The van der Waals surface area contributed by atoms with Gasteiger partial charge < -0.3 is 9.80 Å². The first-order chi connectivity index (χ1) is 11.4. The average molecular weight is 341 g/mol. The van der Waals surface area contributed by atoms with Crippen LogP contribution in [0.4, 0.5) is 0 Å². The second-order valence-electron chi connectivity index (χ2n) is 8.69. The van der Waals surface area contributed by atoms with Crippen molar-refractivity contribution in [1.82, 2.24) is 9.80 Å². The van der Waals surface area contributed by atoms with Crippen LogP contribution in [0.25, 0.3) is 0 Å². The molecule has 0 atom stereocenters. The standard InChI is InChI=1S/C13H26N2.C7H16.C2H6/c1-12-10-13(11-12)4-6-15(7-5-13)9-8-14(2)3;1-4-5-6-7(2)3;1-2/h12H,4-11H2,1-3H3;7H,4-6H2,1-3H3;1-2H3. The third kappa shape index (κ3) is 10.0. The van der Waals surface area contributed by atoms with Crippen LogP contribution in [0.3, 0.4) is 0 Å². The highest BCUT2D eigenvalue weighted by molar-refractivity contribution is 4.95. The van der Waals surface area contributed by atoms with Crippen molar-refractivity contribution in [3.63, 3.8) is 0 Å². The first kappa shape index (κ1) is 23.9. The molecule has 0 N–H and O–H groups in total. The summed E-state index contributed by atoms with van der Waals surface area (Å²) in [5.41, 5.74) is 0.786. The summed E-state index contributed by atoms with van der Waals surface area (Å²) < 4.78 is 0. The Morgan fingerprint density at radius 3 is 1.96 bits per heavy atom. The Labute approximate surface area is 154 Å². The molecule has 146 valence electrons. The molecule has 1 heterocycles. The first-order valence-electron chi connectivity index (χ1n) is 10.7. The molecule has 1 aliphatic carbocycles. The van der Waals surface area contributed by atoms with E-state index >= 15 is 0 Å². The summed E-state index contributed by atoms with van der Waals surface area (Å²) in [4.78, 5) is 4.93. The van der Waals surface area contributed by atoms with Gasteiger partial charge in [0.25, 0.3) is 0 Å². The second kappa shape index (κ2) is 13.2. The molecule has 0 radical (unpaired) electrons. The minimum absolute atomic E-state index is 0.786. The van der Waals surface area contributed by atoms with Gasteiger partial charge in [0.05, 0.1) is 0 Å². The van der Waals surface area contributed by atoms with E-state index in [1.807, 2.05) is 13.8 Å². The van der Waals surface area contributed by atoms with Crippen LogP contribution >= 0.6 is 0 Å².